The quantitative estimate of drug-likeness (QED) is 0.530. The zero-order valence-corrected chi connectivity index (χ0v) is 14.9. The molecule has 0 heterocycles. The summed E-state index contributed by atoms with van der Waals surface area (Å²) in [6, 6.07) is 3.69. The van der Waals surface area contributed by atoms with Gasteiger partial charge in [-0.2, -0.15) is 0 Å². The van der Waals surface area contributed by atoms with Crippen LogP contribution in [-0.4, -0.2) is 39.5 Å². The highest BCUT2D eigenvalue weighted by atomic mass is 35.5. The van der Waals surface area contributed by atoms with Crippen LogP contribution in [0.4, 0.5) is 0 Å². The van der Waals surface area contributed by atoms with Gasteiger partial charge in [0.05, 0.1) is 10.6 Å². The van der Waals surface area contributed by atoms with E-state index in [1.807, 2.05) is 0 Å². The molecule has 24 heavy (non-hydrogen) atoms. The molecule has 9 heteroatoms. The number of sulfonamides is 1. The summed E-state index contributed by atoms with van der Waals surface area (Å²) in [5.41, 5.74) is -0.0328. The summed E-state index contributed by atoms with van der Waals surface area (Å²) >= 11 is 5.90. The van der Waals surface area contributed by atoms with Gasteiger partial charge in [-0.1, -0.05) is 17.7 Å². The maximum Gasteiger partial charge on any atom is 0.338 e. The lowest BCUT2D eigenvalue weighted by Crippen LogP contribution is -2.35. The fraction of sp³-hybridized carbons (Fsp3) is 0.333. The van der Waals surface area contributed by atoms with E-state index in [9.17, 15) is 18.0 Å². The van der Waals surface area contributed by atoms with Crippen LogP contribution in [0, 0.1) is 0 Å². The van der Waals surface area contributed by atoms with Gasteiger partial charge in [-0.05, 0) is 32.0 Å². The van der Waals surface area contributed by atoms with Crippen molar-refractivity contribution in [1.29, 1.82) is 0 Å². The third kappa shape index (κ3) is 5.33. The zero-order valence-electron chi connectivity index (χ0n) is 13.3. The van der Waals surface area contributed by atoms with Crippen molar-refractivity contribution in [2.24, 2.45) is 0 Å². The van der Waals surface area contributed by atoms with Crippen molar-refractivity contribution >= 4 is 33.5 Å². The third-order valence-electron chi connectivity index (χ3n) is 2.88. The van der Waals surface area contributed by atoms with Crippen LogP contribution >= 0.6 is 11.6 Å². The molecule has 0 saturated carbocycles. The van der Waals surface area contributed by atoms with Gasteiger partial charge >= 0.3 is 5.97 Å². The average Bonchev–Trinajstić information content (AvgIpc) is 2.53. The molecule has 0 radical (unpaired) electrons. The highest BCUT2D eigenvalue weighted by Crippen LogP contribution is 2.23. The molecule has 1 aromatic rings. The number of rotatable bonds is 8. The number of hydrogen-bond acceptors (Lipinski definition) is 5. The van der Waals surface area contributed by atoms with Crippen molar-refractivity contribution in [3.8, 4) is 0 Å². The first kappa shape index (κ1) is 20.1. The zero-order chi connectivity index (χ0) is 18.3. The Morgan fingerprint density at radius 1 is 1.42 bits per heavy atom. The Hall–Kier alpha value is -1.90. The van der Waals surface area contributed by atoms with Gasteiger partial charge in [0.1, 0.15) is 4.90 Å². The highest BCUT2D eigenvalue weighted by molar-refractivity contribution is 7.89. The van der Waals surface area contributed by atoms with Crippen LogP contribution in [0.2, 0.25) is 5.02 Å². The normalized spacial score (nSPS) is 12.3. The van der Waals surface area contributed by atoms with Crippen LogP contribution < -0.4 is 10.0 Å². The molecule has 0 aliphatic carbocycles. The van der Waals surface area contributed by atoms with Gasteiger partial charge in [-0.15, -0.1) is 6.58 Å². The molecule has 0 aliphatic heterocycles. The maximum atomic E-state index is 12.1. The number of carbonyl (C=O) groups excluding carboxylic acids is 2. The van der Waals surface area contributed by atoms with Crippen LogP contribution in [0.5, 0.6) is 0 Å². The molecule has 1 aromatic carbocycles. The van der Waals surface area contributed by atoms with Crippen LogP contribution in [0.25, 0.3) is 0 Å². The molecular weight excluding hydrogens is 356 g/mol. The molecule has 0 fully saturated rings. The lowest BCUT2D eigenvalue weighted by atomic mass is 10.2. The van der Waals surface area contributed by atoms with Crippen LogP contribution in [0.15, 0.2) is 35.7 Å². The molecule has 1 rings (SSSR count). The van der Waals surface area contributed by atoms with Gasteiger partial charge in [0.2, 0.25) is 10.0 Å². The fourth-order valence-electron chi connectivity index (χ4n) is 1.68. The second kappa shape index (κ2) is 8.81. The largest absolute Gasteiger partial charge is 0.449 e. The van der Waals surface area contributed by atoms with E-state index in [1.54, 1.807) is 6.92 Å². The highest BCUT2D eigenvalue weighted by Gasteiger charge is 2.22. The second-order valence-electron chi connectivity index (χ2n) is 4.73. The average molecular weight is 375 g/mol. The Kier molecular flexibility index (Phi) is 7.40. The molecule has 0 saturated heterocycles. The monoisotopic (exact) mass is 374 g/mol. The van der Waals surface area contributed by atoms with E-state index in [4.69, 9.17) is 16.3 Å². The van der Waals surface area contributed by atoms with E-state index in [0.29, 0.717) is 6.54 Å². The first-order valence-electron chi connectivity index (χ1n) is 7.11. The SMILES string of the molecule is C=CCNS(=O)(=O)c1cc(C(=O)O[C@@H](C)C(=O)NCC)ccc1Cl. The number of carbonyl (C=O) groups is 2. The molecule has 1 atom stereocenters. The Bertz CT molecular complexity index is 733. The summed E-state index contributed by atoms with van der Waals surface area (Å²) in [5.74, 6) is -1.27. The summed E-state index contributed by atoms with van der Waals surface area (Å²) in [4.78, 5) is 23.4. The summed E-state index contributed by atoms with van der Waals surface area (Å²) < 4.78 is 31.6. The number of hydrogen-bond donors (Lipinski definition) is 2. The Morgan fingerprint density at radius 3 is 2.67 bits per heavy atom. The number of nitrogens with one attached hydrogen (secondary N) is 2. The van der Waals surface area contributed by atoms with Crippen molar-refractivity contribution in [2.75, 3.05) is 13.1 Å². The van der Waals surface area contributed by atoms with E-state index < -0.39 is 28.0 Å². The van der Waals surface area contributed by atoms with E-state index in [-0.39, 0.29) is 22.0 Å². The first-order valence-corrected chi connectivity index (χ1v) is 8.97. The smallest absolute Gasteiger partial charge is 0.338 e. The molecule has 0 bridgehead atoms. The number of likely N-dealkylation sites (N-methyl/N-ethyl adjacent to an activating group) is 1. The predicted octanol–water partition coefficient (Wildman–Crippen LogP) is 1.49. The molecule has 2 N–H and O–H groups in total. The van der Waals surface area contributed by atoms with E-state index in [0.717, 1.165) is 6.07 Å². The molecule has 7 nitrogen and oxygen atoms in total. The van der Waals surface area contributed by atoms with Gasteiger partial charge in [-0.3, -0.25) is 4.79 Å². The number of esters is 1. The lowest BCUT2D eigenvalue weighted by Gasteiger charge is -2.13. The maximum absolute atomic E-state index is 12.1. The molecule has 0 aromatic heterocycles. The van der Waals surface area contributed by atoms with Gasteiger partial charge in [0.15, 0.2) is 6.10 Å². The lowest BCUT2D eigenvalue weighted by molar-refractivity contribution is -0.128. The minimum atomic E-state index is -3.90. The summed E-state index contributed by atoms with van der Waals surface area (Å²) in [6.07, 6.45) is 0.365. The van der Waals surface area contributed by atoms with Crippen LogP contribution in [0.1, 0.15) is 24.2 Å². The van der Waals surface area contributed by atoms with Gasteiger partial charge in [-0.25, -0.2) is 17.9 Å². The first-order chi connectivity index (χ1) is 11.2. The van der Waals surface area contributed by atoms with Gasteiger partial charge in [0, 0.05) is 13.1 Å². The van der Waals surface area contributed by atoms with Crippen molar-refractivity contribution in [3.05, 3.63) is 41.4 Å². The Labute approximate surface area is 146 Å². The third-order valence-corrected chi connectivity index (χ3v) is 4.78. The van der Waals surface area contributed by atoms with E-state index >= 15 is 0 Å². The Morgan fingerprint density at radius 2 is 2.08 bits per heavy atom. The molecule has 0 aliphatic rings. The van der Waals surface area contributed by atoms with E-state index in [2.05, 4.69) is 16.6 Å². The summed E-state index contributed by atoms with van der Waals surface area (Å²) in [5, 5.41) is 2.48. The standard InChI is InChI=1S/C15H19ClN2O5S/c1-4-8-18-24(21,22)13-9-11(6-7-12(13)16)15(20)23-10(3)14(19)17-5-2/h4,6-7,9-10,18H,1,5,8H2,2-3H3,(H,17,19)/t10-/m0/s1. The van der Waals surface area contributed by atoms with Crippen molar-refractivity contribution in [3.63, 3.8) is 0 Å². The molecule has 0 unspecified atom stereocenters. The topological polar surface area (TPSA) is 102 Å². The minimum Gasteiger partial charge on any atom is -0.449 e. The molecule has 0 spiro atoms. The van der Waals surface area contributed by atoms with Gasteiger partial charge < -0.3 is 10.1 Å². The summed E-state index contributed by atoms with van der Waals surface area (Å²) in [7, 11) is -3.90. The Balaban J connectivity index is 3.02. The van der Waals surface area contributed by atoms with Gasteiger partial charge in [0.25, 0.3) is 5.91 Å². The van der Waals surface area contributed by atoms with E-state index in [1.165, 1.54) is 25.1 Å². The fourth-order valence-corrected chi connectivity index (χ4v) is 3.20. The number of ether oxygens (including phenoxy) is 1. The second-order valence-corrected chi connectivity index (χ2v) is 6.87. The predicted molar refractivity (Wildman–Crippen MR) is 90.4 cm³/mol. The minimum absolute atomic E-state index is 0.0154. The molecular formula is C15H19ClN2O5S. The number of benzene rings is 1. The number of halogens is 1. The molecule has 1 amide bonds. The molecule has 132 valence electrons. The number of amides is 1. The summed E-state index contributed by atoms with van der Waals surface area (Å²) in [6.45, 7) is 6.99. The van der Waals surface area contributed by atoms with Crippen LogP contribution in [-0.2, 0) is 19.6 Å². The van der Waals surface area contributed by atoms with Crippen LogP contribution in [0.3, 0.4) is 0 Å². The van der Waals surface area contributed by atoms with Crippen molar-refractivity contribution in [2.45, 2.75) is 24.8 Å². The van der Waals surface area contributed by atoms with Crippen molar-refractivity contribution in [1.82, 2.24) is 10.0 Å². The van der Waals surface area contributed by atoms with Crippen molar-refractivity contribution < 1.29 is 22.7 Å².